The van der Waals surface area contributed by atoms with Gasteiger partial charge in [0, 0.05) is 18.2 Å². The molecule has 0 bridgehead atoms. The number of rotatable bonds is 5. The van der Waals surface area contributed by atoms with Crippen molar-refractivity contribution in [3.8, 4) is 11.5 Å². The van der Waals surface area contributed by atoms with Gasteiger partial charge in [-0.05, 0) is 31.4 Å². The number of methoxy groups -OCH3 is 2. The van der Waals surface area contributed by atoms with E-state index in [9.17, 15) is 0 Å². The summed E-state index contributed by atoms with van der Waals surface area (Å²) in [5.74, 6) is 1.18. The van der Waals surface area contributed by atoms with Gasteiger partial charge < -0.3 is 19.9 Å². The molecule has 4 nitrogen and oxygen atoms in total. The lowest BCUT2D eigenvalue weighted by Gasteiger charge is -2.20. The zero-order chi connectivity index (χ0) is 13.8. The Kier molecular flexibility index (Phi) is 4.91. The van der Waals surface area contributed by atoms with E-state index < -0.39 is 0 Å². The van der Waals surface area contributed by atoms with Crippen LogP contribution in [0, 0.1) is 0 Å². The Morgan fingerprint density at radius 2 is 2.21 bits per heavy atom. The van der Waals surface area contributed by atoms with Crippen molar-refractivity contribution >= 4 is 11.6 Å². The van der Waals surface area contributed by atoms with Gasteiger partial charge in [-0.1, -0.05) is 11.6 Å². The van der Waals surface area contributed by atoms with Crippen molar-refractivity contribution in [2.45, 2.75) is 31.4 Å². The standard InChI is InChI=1S/C14H20ClNO3/c1-17-12-6-5-10(14(18-2)13(12)15)11(16)8-9-4-3-7-19-9/h5-6,9,11H,3-4,7-8,16H2,1-2H3. The summed E-state index contributed by atoms with van der Waals surface area (Å²) in [4.78, 5) is 0. The molecule has 1 saturated heterocycles. The van der Waals surface area contributed by atoms with E-state index in [1.807, 2.05) is 12.1 Å². The fourth-order valence-electron chi connectivity index (χ4n) is 2.45. The molecule has 1 aliphatic rings. The highest BCUT2D eigenvalue weighted by Gasteiger charge is 2.23. The molecule has 0 spiro atoms. The van der Waals surface area contributed by atoms with Crippen molar-refractivity contribution in [1.82, 2.24) is 0 Å². The van der Waals surface area contributed by atoms with Crippen LogP contribution in [-0.4, -0.2) is 26.9 Å². The maximum absolute atomic E-state index is 6.25. The zero-order valence-electron chi connectivity index (χ0n) is 11.3. The minimum atomic E-state index is -0.151. The Labute approximate surface area is 118 Å². The zero-order valence-corrected chi connectivity index (χ0v) is 12.1. The van der Waals surface area contributed by atoms with Crippen LogP contribution in [-0.2, 0) is 4.74 Å². The highest BCUT2D eigenvalue weighted by atomic mass is 35.5. The quantitative estimate of drug-likeness (QED) is 0.904. The molecule has 1 aromatic rings. The first-order valence-corrected chi connectivity index (χ1v) is 6.82. The first kappa shape index (κ1) is 14.4. The largest absolute Gasteiger partial charge is 0.495 e. The highest BCUT2D eigenvalue weighted by molar-refractivity contribution is 6.33. The van der Waals surface area contributed by atoms with Crippen molar-refractivity contribution in [3.63, 3.8) is 0 Å². The van der Waals surface area contributed by atoms with E-state index >= 15 is 0 Å². The molecule has 5 heteroatoms. The normalized spacial score (nSPS) is 20.3. The van der Waals surface area contributed by atoms with Gasteiger partial charge in [-0.15, -0.1) is 0 Å². The Bertz CT molecular complexity index is 433. The average molecular weight is 286 g/mol. The van der Waals surface area contributed by atoms with Gasteiger partial charge in [0.2, 0.25) is 0 Å². The second kappa shape index (κ2) is 6.46. The van der Waals surface area contributed by atoms with E-state index in [4.69, 9.17) is 31.5 Å². The van der Waals surface area contributed by atoms with Crippen LogP contribution < -0.4 is 15.2 Å². The number of benzene rings is 1. The third kappa shape index (κ3) is 3.14. The lowest BCUT2D eigenvalue weighted by Crippen LogP contribution is -2.19. The van der Waals surface area contributed by atoms with Gasteiger partial charge in [0.05, 0.1) is 20.3 Å². The Hall–Kier alpha value is -0.970. The van der Waals surface area contributed by atoms with Gasteiger partial charge in [0.1, 0.15) is 16.5 Å². The number of hydrogen-bond acceptors (Lipinski definition) is 4. The smallest absolute Gasteiger partial charge is 0.146 e. The topological polar surface area (TPSA) is 53.7 Å². The average Bonchev–Trinajstić information content (AvgIpc) is 2.91. The fourth-order valence-corrected chi connectivity index (χ4v) is 2.78. The van der Waals surface area contributed by atoms with Crippen molar-refractivity contribution < 1.29 is 14.2 Å². The van der Waals surface area contributed by atoms with Crippen LogP contribution in [0.4, 0.5) is 0 Å². The van der Waals surface area contributed by atoms with Crippen LogP contribution in [0.2, 0.25) is 5.02 Å². The van der Waals surface area contributed by atoms with Crippen molar-refractivity contribution in [3.05, 3.63) is 22.7 Å². The second-order valence-electron chi connectivity index (χ2n) is 4.68. The lowest BCUT2D eigenvalue weighted by molar-refractivity contribution is 0.0981. The van der Waals surface area contributed by atoms with E-state index in [0.29, 0.717) is 16.5 Å². The van der Waals surface area contributed by atoms with Gasteiger partial charge in [-0.25, -0.2) is 0 Å². The van der Waals surface area contributed by atoms with Crippen LogP contribution in [0.25, 0.3) is 0 Å². The molecular weight excluding hydrogens is 266 g/mol. The third-order valence-electron chi connectivity index (χ3n) is 3.46. The van der Waals surface area contributed by atoms with E-state index in [1.54, 1.807) is 14.2 Å². The summed E-state index contributed by atoms with van der Waals surface area (Å²) in [5.41, 5.74) is 7.14. The molecule has 1 aliphatic heterocycles. The molecule has 2 N–H and O–H groups in total. The monoisotopic (exact) mass is 285 g/mol. The number of ether oxygens (including phenoxy) is 3. The molecule has 1 heterocycles. The lowest BCUT2D eigenvalue weighted by atomic mass is 9.99. The first-order valence-electron chi connectivity index (χ1n) is 6.45. The summed E-state index contributed by atoms with van der Waals surface area (Å²) in [6.45, 7) is 0.831. The molecule has 1 aromatic carbocycles. The molecule has 19 heavy (non-hydrogen) atoms. The maximum atomic E-state index is 6.25. The molecule has 0 amide bonds. The van der Waals surface area contributed by atoms with Gasteiger partial charge in [0.25, 0.3) is 0 Å². The van der Waals surface area contributed by atoms with Crippen LogP contribution in [0.1, 0.15) is 30.9 Å². The molecule has 0 aliphatic carbocycles. The minimum absolute atomic E-state index is 0.151. The molecule has 0 radical (unpaired) electrons. The summed E-state index contributed by atoms with van der Waals surface area (Å²) < 4.78 is 16.2. The van der Waals surface area contributed by atoms with Gasteiger partial charge in [0.15, 0.2) is 0 Å². The van der Waals surface area contributed by atoms with Crippen LogP contribution in [0.3, 0.4) is 0 Å². The van der Waals surface area contributed by atoms with E-state index in [2.05, 4.69) is 0 Å². The van der Waals surface area contributed by atoms with Crippen molar-refractivity contribution in [1.29, 1.82) is 0 Å². The highest BCUT2D eigenvalue weighted by Crippen LogP contribution is 2.40. The minimum Gasteiger partial charge on any atom is -0.495 e. The van der Waals surface area contributed by atoms with Gasteiger partial charge in [-0.3, -0.25) is 0 Å². The molecule has 106 valence electrons. The van der Waals surface area contributed by atoms with Gasteiger partial charge in [-0.2, -0.15) is 0 Å². The fraction of sp³-hybridized carbons (Fsp3) is 0.571. The molecule has 2 unspecified atom stereocenters. The number of halogens is 1. The Morgan fingerprint density at radius 3 is 2.79 bits per heavy atom. The molecule has 0 saturated carbocycles. The van der Waals surface area contributed by atoms with Crippen LogP contribution >= 0.6 is 11.6 Å². The van der Waals surface area contributed by atoms with Gasteiger partial charge >= 0.3 is 0 Å². The maximum Gasteiger partial charge on any atom is 0.146 e. The van der Waals surface area contributed by atoms with Crippen LogP contribution in [0.15, 0.2) is 12.1 Å². The Morgan fingerprint density at radius 1 is 1.42 bits per heavy atom. The number of nitrogens with two attached hydrogens (primary N) is 1. The number of hydrogen-bond donors (Lipinski definition) is 1. The van der Waals surface area contributed by atoms with Crippen molar-refractivity contribution in [2.75, 3.05) is 20.8 Å². The van der Waals surface area contributed by atoms with Crippen molar-refractivity contribution in [2.24, 2.45) is 5.73 Å². The SMILES string of the molecule is COc1ccc(C(N)CC2CCCO2)c(OC)c1Cl. The summed E-state index contributed by atoms with van der Waals surface area (Å²) in [6, 6.07) is 3.57. The molecule has 2 atom stereocenters. The summed E-state index contributed by atoms with van der Waals surface area (Å²) in [5, 5.41) is 0.463. The predicted molar refractivity (Wildman–Crippen MR) is 75.1 cm³/mol. The second-order valence-corrected chi connectivity index (χ2v) is 5.06. The summed E-state index contributed by atoms with van der Waals surface area (Å²) in [6.07, 6.45) is 3.19. The Balaban J connectivity index is 2.20. The third-order valence-corrected chi connectivity index (χ3v) is 3.81. The molecule has 0 aromatic heterocycles. The molecular formula is C14H20ClNO3. The summed E-state index contributed by atoms with van der Waals surface area (Å²) in [7, 11) is 3.16. The van der Waals surface area contributed by atoms with E-state index in [-0.39, 0.29) is 12.1 Å². The first-order chi connectivity index (χ1) is 9.17. The summed E-state index contributed by atoms with van der Waals surface area (Å²) >= 11 is 6.24. The van der Waals surface area contributed by atoms with Crippen LogP contribution in [0.5, 0.6) is 11.5 Å². The predicted octanol–water partition coefficient (Wildman–Crippen LogP) is 2.93. The van der Waals surface area contributed by atoms with E-state index in [1.165, 1.54) is 0 Å². The molecule has 2 rings (SSSR count). The van der Waals surface area contributed by atoms with E-state index in [0.717, 1.165) is 31.4 Å². The molecule has 1 fully saturated rings.